The minimum atomic E-state index is -0.499. The van der Waals surface area contributed by atoms with Gasteiger partial charge in [0.2, 0.25) is 0 Å². The van der Waals surface area contributed by atoms with Crippen LogP contribution in [-0.4, -0.2) is 14.7 Å². The van der Waals surface area contributed by atoms with Crippen molar-refractivity contribution in [2.75, 3.05) is 0 Å². The van der Waals surface area contributed by atoms with E-state index in [-0.39, 0.29) is 11.3 Å². The summed E-state index contributed by atoms with van der Waals surface area (Å²) in [5.41, 5.74) is 1.65. The van der Waals surface area contributed by atoms with Crippen molar-refractivity contribution in [2.24, 2.45) is 0 Å². The van der Waals surface area contributed by atoms with Crippen LogP contribution >= 0.6 is 11.6 Å². The molecule has 0 atom stereocenters. The number of nitrogens with zero attached hydrogens (tertiary/aromatic N) is 2. The maximum Gasteiger partial charge on any atom is 0.147 e. The minimum Gasteiger partial charge on any atom is -0.507 e. The molecule has 0 aliphatic rings. The Labute approximate surface area is 120 Å². The zero-order valence-corrected chi connectivity index (χ0v) is 11.5. The summed E-state index contributed by atoms with van der Waals surface area (Å²) in [5, 5.41) is 10.5. The summed E-state index contributed by atoms with van der Waals surface area (Å²) in [6, 6.07) is 9.55. The molecule has 5 heteroatoms. The zero-order valence-electron chi connectivity index (χ0n) is 10.8. The monoisotopic (exact) mass is 290 g/mol. The SMILES string of the molecule is CCn1c(-c2c(O)cccc2F)nc2cc(Cl)ccc21. The van der Waals surface area contributed by atoms with Gasteiger partial charge in [-0.3, -0.25) is 0 Å². The average Bonchev–Trinajstić information content (AvgIpc) is 2.75. The first-order valence-corrected chi connectivity index (χ1v) is 6.63. The Morgan fingerprint density at radius 1 is 1.30 bits per heavy atom. The van der Waals surface area contributed by atoms with Gasteiger partial charge in [-0.2, -0.15) is 0 Å². The van der Waals surface area contributed by atoms with Gasteiger partial charge < -0.3 is 9.67 Å². The lowest BCUT2D eigenvalue weighted by atomic mass is 10.1. The fraction of sp³-hybridized carbons (Fsp3) is 0.133. The molecule has 2 aromatic carbocycles. The predicted octanol–water partition coefficient (Wildman–Crippen LogP) is 4.22. The molecule has 0 aliphatic carbocycles. The van der Waals surface area contributed by atoms with E-state index in [2.05, 4.69) is 4.98 Å². The quantitative estimate of drug-likeness (QED) is 0.767. The van der Waals surface area contributed by atoms with E-state index < -0.39 is 5.82 Å². The molecule has 0 saturated carbocycles. The van der Waals surface area contributed by atoms with Crippen LogP contribution in [0.25, 0.3) is 22.4 Å². The van der Waals surface area contributed by atoms with E-state index in [0.717, 1.165) is 5.52 Å². The predicted molar refractivity (Wildman–Crippen MR) is 77.5 cm³/mol. The molecule has 1 heterocycles. The highest BCUT2D eigenvalue weighted by molar-refractivity contribution is 6.31. The molecular formula is C15H12ClFN2O. The van der Waals surface area contributed by atoms with Crippen molar-refractivity contribution >= 4 is 22.6 Å². The molecule has 0 amide bonds. The van der Waals surface area contributed by atoms with Gasteiger partial charge in [0.25, 0.3) is 0 Å². The molecule has 0 fully saturated rings. The van der Waals surface area contributed by atoms with Crippen molar-refractivity contribution in [3.8, 4) is 17.1 Å². The van der Waals surface area contributed by atoms with Gasteiger partial charge in [0.15, 0.2) is 0 Å². The topological polar surface area (TPSA) is 38.0 Å². The Morgan fingerprint density at radius 2 is 2.10 bits per heavy atom. The molecule has 1 aromatic heterocycles. The highest BCUT2D eigenvalue weighted by Gasteiger charge is 2.18. The molecule has 20 heavy (non-hydrogen) atoms. The van der Waals surface area contributed by atoms with E-state index in [0.29, 0.717) is 22.9 Å². The van der Waals surface area contributed by atoms with Crippen LogP contribution in [0.15, 0.2) is 36.4 Å². The standard InChI is InChI=1S/C15H12ClFN2O/c1-2-19-12-7-6-9(16)8-11(12)18-15(19)14-10(17)4-3-5-13(14)20/h3-8,20H,2H2,1H3. The molecule has 0 radical (unpaired) electrons. The average molecular weight is 291 g/mol. The molecule has 0 spiro atoms. The summed E-state index contributed by atoms with van der Waals surface area (Å²) in [4.78, 5) is 4.41. The van der Waals surface area contributed by atoms with Crippen LogP contribution in [0.2, 0.25) is 5.02 Å². The van der Waals surface area contributed by atoms with Crippen LogP contribution in [-0.2, 0) is 6.54 Å². The number of rotatable bonds is 2. The van der Waals surface area contributed by atoms with Gasteiger partial charge in [0, 0.05) is 11.6 Å². The number of imidazole rings is 1. The number of phenolic OH excluding ortho intramolecular Hbond substituents is 1. The largest absolute Gasteiger partial charge is 0.507 e. The third kappa shape index (κ3) is 1.93. The van der Waals surface area contributed by atoms with Crippen molar-refractivity contribution in [3.63, 3.8) is 0 Å². The first-order chi connectivity index (χ1) is 9.61. The molecule has 0 unspecified atom stereocenters. The number of aromatic nitrogens is 2. The first-order valence-electron chi connectivity index (χ1n) is 6.25. The number of hydrogen-bond acceptors (Lipinski definition) is 2. The van der Waals surface area contributed by atoms with Crippen LogP contribution in [0.5, 0.6) is 5.75 Å². The number of phenols is 1. The second kappa shape index (κ2) is 4.80. The fourth-order valence-electron chi connectivity index (χ4n) is 2.35. The van der Waals surface area contributed by atoms with Gasteiger partial charge >= 0.3 is 0 Å². The summed E-state index contributed by atoms with van der Waals surface area (Å²) in [7, 11) is 0. The van der Waals surface area contributed by atoms with Gasteiger partial charge in [-0.1, -0.05) is 17.7 Å². The zero-order chi connectivity index (χ0) is 14.3. The minimum absolute atomic E-state index is 0.113. The molecule has 0 bridgehead atoms. The summed E-state index contributed by atoms with van der Waals surface area (Å²) >= 11 is 5.96. The second-order valence-electron chi connectivity index (χ2n) is 4.45. The Hall–Kier alpha value is -2.07. The van der Waals surface area contributed by atoms with Crippen molar-refractivity contribution in [3.05, 3.63) is 47.2 Å². The number of benzene rings is 2. The second-order valence-corrected chi connectivity index (χ2v) is 4.88. The Balaban J connectivity index is 2.36. The molecule has 3 rings (SSSR count). The van der Waals surface area contributed by atoms with E-state index in [1.807, 2.05) is 17.6 Å². The van der Waals surface area contributed by atoms with Gasteiger partial charge in [0.05, 0.1) is 16.6 Å². The fourth-order valence-corrected chi connectivity index (χ4v) is 2.51. The number of aryl methyl sites for hydroxylation is 1. The number of halogens is 2. The van der Waals surface area contributed by atoms with E-state index in [4.69, 9.17) is 11.6 Å². The number of hydrogen-bond donors (Lipinski definition) is 1. The Bertz CT molecular complexity index is 778. The third-order valence-corrected chi connectivity index (χ3v) is 3.48. The smallest absolute Gasteiger partial charge is 0.147 e. The van der Waals surface area contributed by atoms with Crippen LogP contribution in [0.3, 0.4) is 0 Å². The third-order valence-electron chi connectivity index (χ3n) is 3.24. The molecule has 3 nitrogen and oxygen atoms in total. The van der Waals surface area contributed by atoms with Gasteiger partial charge in [-0.25, -0.2) is 9.37 Å². The van der Waals surface area contributed by atoms with E-state index in [9.17, 15) is 9.50 Å². The summed E-state index contributed by atoms with van der Waals surface area (Å²) < 4.78 is 15.9. The maximum absolute atomic E-state index is 14.0. The summed E-state index contributed by atoms with van der Waals surface area (Å²) in [6.45, 7) is 2.55. The van der Waals surface area contributed by atoms with Gasteiger partial charge in [-0.15, -0.1) is 0 Å². The lowest BCUT2D eigenvalue weighted by molar-refractivity contribution is 0.471. The highest BCUT2D eigenvalue weighted by atomic mass is 35.5. The first kappa shape index (κ1) is 12.9. The Morgan fingerprint density at radius 3 is 2.80 bits per heavy atom. The van der Waals surface area contributed by atoms with E-state index in [1.165, 1.54) is 18.2 Å². The molecule has 102 valence electrons. The van der Waals surface area contributed by atoms with Crippen LogP contribution in [0, 0.1) is 5.82 Å². The van der Waals surface area contributed by atoms with Crippen molar-refractivity contribution in [1.82, 2.24) is 9.55 Å². The summed E-state index contributed by atoms with van der Waals surface area (Å²) in [6.07, 6.45) is 0. The molecule has 3 aromatic rings. The molecule has 0 aliphatic heterocycles. The summed E-state index contributed by atoms with van der Waals surface area (Å²) in [5.74, 6) is -0.220. The Kier molecular flexibility index (Phi) is 3.10. The van der Waals surface area contributed by atoms with E-state index >= 15 is 0 Å². The highest BCUT2D eigenvalue weighted by Crippen LogP contribution is 2.33. The van der Waals surface area contributed by atoms with Crippen molar-refractivity contribution in [2.45, 2.75) is 13.5 Å². The molecular weight excluding hydrogens is 279 g/mol. The lowest BCUT2D eigenvalue weighted by Gasteiger charge is -2.08. The van der Waals surface area contributed by atoms with Crippen LogP contribution in [0.1, 0.15) is 6.92 Å². The van der Waals surface area contributed by atoms with E-state index in [1.54, 1.807) is 12.1 Å². The number of aromatic hydroxyl groups is 1. The number of fused-ring (bicyclic) bond motifs is 1. The maximum atomic E-state index is 14.0. The normalized spacial score (nSPS) is 11.2. The van der Waals surface area contributed by atoms with Crippen LogP contribution < -0.4 is 0 Å². The van der Waals surface area contributed by atoms with Gasteiger partial charge in [-0.05, 0) is 37.3 Å². The molecule has 0 saturated heterocycles. The molecule has 1 N–H and O–H groups in total. The van der Waals surface area contributed by atoms with Crippen LogP contribution in [0.4, 0.5) is 4.39 Å². The van der Waals surface area contributed by atoms with Gasteiger partial charge in [0.1, 0.15) is 17.4 Å². The van der Waals surface area contributed by atoms with Crippen molar-refractivity contribution < 1.29 is 9.50 Å². The van der Waals surface area contributed by atoms with Crippen molar-refractivity contribution in [1.29, 1.82) is 0 Å². The lowest BCUT2D eigenvalue weighted by Crippen LogP contribution is -1.99.